The van der Waals surface area contributed by atoms with Gasteiger partial charge in [0.2, 0.25) is 5.91 Å². The fourth-order valence-corrected chi connectivity index (χ4v) is 3.64. The zero-order chi connectivity index (χ0) is 18.2. The minimum Gasteiger partial charge on any atom is -0.357 e. The van der Waals surface area contributed by atoms with Gasteiger partial charge in [-0.15, -0.1) is 11.3 Å². The highest BCUT2D eigenvalue weighted by atomic mass is 32.1. The molecule has 0 radical (unpaired) electrons. The number of rotatable bonds is 7. The number of guanidine groups is 1. The van der Waals surface area contributed by atoms with Gasteiger partial charge in [-0.1, -0.05) is 30.3 Å². The van der Waals surface area contributed by atoms with Gasteiger partial charge in [0.15, 0.2) is 5.96 Å². The average Bonchev–Trinajstić information content (AvgIpc) is 3.32. The number of benzene rings is 1. The summed E-state index contributed by atoms with van der Waals surface area (Å²) >= 11 is 1.71. The SMILES string of the molecule is CCNC(=NCc1cccs1)NCCCC(=O)N1Cc2ccccc2C1. The zero-order valence-corrected chi connectivity index (χ0v) is 16.0. The van der Waals surface area contributed by atoms with Crippen molar-refractivity contribution in [2.24, 2.45) is 4.99 Å². The Balaban J connectivity index is 1.39. The van der Waals surface area contributed by atoms with Crippen LogP contribution < -0.4 is 10.6 Å². The number of hydrogen-bond donors (Lipinski definition) is 2. The molecule has 1 aromatic heterocycles. The lowest BCUT2D eigenvalue weighted by atomic mass is 10.1. The van der Waals surface area contributed by atoms with Gasteiger partial charge in [0.25, 0.3) is 0 Å². The lowest BCUT2D eigenvalue weighted by molar-refractivity contribution is -0.131. The van der Waals surface area contributed by atoms with E-state index in [0.29, 0.717) is 13.0 Å². The van der Waals surface area contributed by atoms with Crippen LogP contribution in [0.25, 0.3) is 0 Å². The lowest BCUT2D eigenvalue weighted by Crippen LogP contribution is -2.38. The van der Waals surface area contributed by atoms with Gasteiger partial charge < -0.3 is 15.5 Å². The second-order valence-corrected chi connectivity index (χ2v) is 7.36. The molecule has 1 aromatic carbocycles. The molecule has 26 heavy (non-hydrogen) atoms. The van der Waals surface area contributed by atoms with Crippen LogP contribution in [0.2, 0.25) is 0 Å². The Hall–Kier alpha value is -2.34. The van der Waals surface area contributed by atoms with E-state index in [-0.39, 0.29) is 5.91 Å². The molecule has 0 fully saturated rings. The van der Waals surface area contributed by atoms with Crippen LogP contribution in [-0.4, -0.2) is 29.9 Å². The summed E-state index contributed by atoms with van der Waals surface area (Å²) in [5.41, 5.74) is 2.54. The van der Waals surface area contributed by atoms with E-state index in [1.54, 1.807) is 11.3 Å². The first-order valence-corrected chi connectivity index (χ1v) is 10.0. The summed E-state index contributed by atoms with van der Waals surface area (Å²) in [5, 5.41) is 8.63. The highest BCUT2D eigenvalue weighted by Crippen LogP contribution is 2.22. The van der Waals surface area contributed by atoms with E-state index >= 15 is 0 Å². The molecule has 0 atom stereocenters. The molecule has 1 aliphatic heterocycles. The highest BCUT2D eigenvalue weighted by Gasteiger charge is 2.22. The fourth-order valence-electron chi connectivity index (χ4n) is 3.02. The Bertz CT molecular complexity index is 717. The van der Waals surface area contributed by atoms with Gasteiger partial charge in [-0.05, 0) is 35.9 Å². The number of nitrogens with one attached hydrogen (secondary N) is 2. The van der Waals surface area contributed by atoms with Gasteiger partial charge in [0, 0.05) is 37.5 Å². The van der Waals surface area contributed by atoms with Gasteiger partial charge in [-0.2, -0.15) is 0 Å². The summed E-state index contributed by atoms with van der Waals surface area (Å²) in [6.45, 7) is 5.78. The summed E-state index contributed by atoms with van der Waals surface area (Å²) in [5.74, 6) is 1.03. The second-order valence-electron chi connectivity index (χ2n) is 6.32. The minimum absolute atomic E-state index is 0.225. The van der Waals surface area contributed by atoms with Crippen molar-refractivity contribution in [2.45, 2.75) is 39.4 Å². The second kappa shape index (κ2) is 9.38. The number of thiophene rings is 1. The molecule has 1 aliphatic rings. The Kier molecular flexibility index (Phi) is 6.66. The molecule has 0 bridgehead atoms. The molecular formula is C20H26N4OS. The Morgan fingerprint density at radius 2 is 1.92 bits per heavy atom. The smallest absolute Gasteiger partial charge is 0.223 e. The van der Waals surface area contributed by atoms with Crippen LogP contribution in [0.15, 0.2) is 46.8 Å². The van der Waals surface area contributed by atoms with Crippen molar-refractivity contribution in [3.63, 3.8) is 0 Å². The maximum absolute atomic E-state index is 12.4. The third kappa shape index (κ3) is 5.08. The zero-order valence-electron chi connectivity index (χ0n) is 15.2. The van der Waals surface area contributed by atoms with Gasteiger partial charge in [0.05, 0.1) is 6.54 Å². The van der Waals surface area contributed by atoms with Gasteiger partial charge in [-0.25, -0.2) is 4.99 Å². The molecule has 1 amide bonds. The Morgan fingerprint density at radius 3 is 2.58 bits per heavy atom. The third-order valence-corrected chi connectivity index (χ3v) is 5.23. The molecule has 0 saturated heterocycles. The molecule has 0 aliphatic carbocycles. The van der Waals surface area contributed by atoms with Crippen molar-refractivity contribution in [3.05, 3.63) is 57.8 Å². The fraction of sp³-hybridized carbons (Fsp3) is 0.400. The normalized spacial score (nSPS) is 13.6. The number of aliphatic imine (C=N–C) groups is 1. The maximum Gasteiger partial charge on any atom is 0.223 e. The highest BCUT2D eigenvalue weighted by molar-refractivity contribution is 7.09. The molecule has 3 rings (SSSR count). The molecule has 2 aromatic rings. The number of nitrogens with zero attached hydrogens (tertiary/aromatic N) is 2. The first kappa shape index (κ1) is 18.5. The van der Waals surface area contributed by atoms with Crippen molar-refractivity contribution in [1.29, 1.82) is 0 Å². The molecule has 0 spiro atoms. The predicted octanol–water partition coefficient (Wildman–Crippen LogP) is 3.13. The van der Waals surface area contributed by atoms with Crippen LogP contribution in [0.4, 0.5) is 0 Å². The van der Waals surface area contributed by atoms with E-state index < -0.39 is 0 Å². The quantitative estimate of drug-likeness (QED) is 0.447. The first-order valence-electron chi connectivity index (χ1n) is 9.15. The Labute approximate surface area is 159 Å². The van der Waals surface area contributed by atoms with E-state index in [2.05, 4.69) is 46.1 Å². The van der Waals surface area contributed by atoms with E-state index in [1.807, 2.05) is 23.1 Å². The molecule has 0 saturated carbocycles. The summed E-state index contributed by atoms with van der Waals surface area (Å²) in [6, 6.07) is 12.4. The van der Waals surface area contributed by atoms with E-state index in [0.717, 1.165) is 38.6 Å². The van der Waals surface area contributed by atoms with Crippen molar-refractivity contribution in [2.75, 3.05) is 13.1 Å². The van der Waals surface area contributed by atoms with Crippen LogP contribution in [-0.2, 0) is 24.4 Å². The standard InChI is InChI=1S/C20H26N4OS/c1-2-21-20(23-13-18-9-6-12-26-18)22-11-5-10-19(25)24-14-16-7-3-4-8-17(16)15-24/h3-4,6-9,12H,2,5,10-11,13-15H2,1H3,(H2,21,22,23). The first-order chi connectivity index (χ1) is 12.8. The van der Waals surface area contributed by atoms with Crippen molar-refractivity contribution >= 4 is 23.2 Å². The molecule has 6 heteroatoms. The molecular weight excluding hydrogens is 344 g/mol. The topological polar surface area (TPSA) is 56.7 Å². The van der Waals surface area contributed by atoms with Crippen LogP contribution in [0.1, 0.15) is 35.8 Å². The summed E-state index contributed by atoms with van der Waals surface area (Å²) in [4.78, 5) is 20.2. The monoisotopic (exact) mass is 370 g/mol. The molecule has 0 unspecified atom stereocenters. The third-order valence-electron chi connectivity index (χ3n) is 4.37. The molecule has 2 N–H and O–H groups in total. The van der Waals surface area contributed by atoms with Crippen molar-refractivity contribution < 1.29 is 4.79 Å². The number of hydrogen-bond acceptors (Lipinski definition) is 3. The van der Waals surface area contributed by atoms with Gasteiger partial charge in [0.1, 0.15) is 0 Å². The van der Waals surface area contributed by atoms with Crippen LogP contribution in [0.3, 0.4) is 0 Å². The molecule has 138 valence electrons. The Morgan fingerprint density at radius 1 is 1.15 bits per heavy atom. The van der Waals surface area contributed by atoms with E-state index in [1.165, 1.54) is 16.0 Å². The number of carbonyl (C=O) groups excluding carboxylic acids is 1. The maximum atomic E-state index is 12.4. The van der Waals surface area contributed by atoms with E-state index in [9.17, 15) is 4.79 Å². The van der Waals surface area contributed by atoms with Crippen LogP contribution in [0.5, 0.6) is 0 Å². The largest absolute Gasteiger partial charge is 0.357 e. The van der Waals surface area contributed by atoms with E-state index in [4.69, 9.17) is 0 Å². The summed E-state index contributed by atoms with van der Waals surface area (Å²) in [6.07, 6.45) is 1.36. The summed E-state index contributed by atoms with van der Waals surface area (Å²) < 4.78 is 0. The lowest BCUT2D eigenvalue weighted by Gasteiger charge is -2.16. The summed E-state index contributed by atoms with van der Waals surface area (Å²) in [7, 11) is 0. The van der Waals surface area contributed by atoms with Gasteiger partial charge >= 0.3 is 0 Å². The minimum atomic E-state index is 0.225. The van der Waals surface area contributed by atoms with Crippen LogP contribution >= 0.6 is 11.3 Å². The van der Waals surface area contributed by atoms with Crippen LogP contribution in [0, 0.1) is 0 Å². The number of amides is 1. The van der Waals surface area contributed by atoms with Gasteiger partial charge in [-0.3, -0.25) is 4.79 Å². The molecule has 5 nitrogen and oxygen atoms in total. The molecule has 2 heterocycles. The number of carbonyl (C=O) groups is 1. The average molecular weight is 371 g/mol. The predicted molar refractivity (Wildman–Crippen MR) is 107 cm³/mol. The van der Waals surface area contributed by atoms with Crippen molar-refractivity contribution in [1.82, 2.24) is 15.5 Å². The van der Waals surface area contributed by atoms with Crippen molar-refractivity contribution in [3.8, 4) is 0 Å². The number of fused-ring (bicyclic) bond motifs is 1.